The standard InChI is InChI=1S/C15H18BrNO3/c1-10(2)15(14(19)20)7-8-17(9-15)13(18)11-5-3-4-6-12(11)16/h3-6,10H,7-9H2,1-2H3,(H,19,20). The van der Waals surface area contributed by atoms with Crippen molar-refractivity contribution >= 4 is 27.8 Å². The monoisotopic (exact) mass is 339 g/mol. The Kier molecular flexibility index (Phi) is 4.18. The molecule has 1 atom stereocenters. The number of amides is 1. The van der Waals surface area contributed by atoms with Gasteiger partial charge in [-0.3, -0.25) is 9.59 Å². The van der Waals surface area contributed by atoms with Gasteiger partial charge in [-0.15, -0.1) is 0 Å². The van der Waals surface area contributed by atoms with Crippen molar-refractivity contribution in [3.05, 3.63) is 34.3 Å². The highest BCUT2D eigenvalue weighted by Crippen LogP contribution is 2.39. The first kappa shape index (κ1) is 15.0. The van der Waals surface area contributed by atoms with Crippen LogP contribution in [0.15, 0.2) is 28.7 Å². The maximum atomic E-state index is 12.5. The van der Waals surface area contributed by atoms with Crippen LogP contribution in [0.3, 0.4) is 0 Å². The fourth-order valence-corrected chi connectivity index (χ4v) is 3.16. The molecule has 0 spiro atoms. The third kappa shape index (κ3) is 2.46. The molecule has 1 aliphatic heterocycles. The summed E-state index contributed by atoms with van der Waals surface area (Å²) in [5.41, 5.74) is -0.242. The molecular formula is C15H18BrNO3. The summed E-state index contributed by atoms with van der Waals surface area (Å²) >= 11 is 3.37. The minimum absolute atomic E-state index is 0.00276. The first-order chi connectivity index (χ1) is 9.38. The fourth-order valence-electron chi connectivity index (χ4n) is 2.70. The molecule has 0 bridgehead atoms. The van der Waals surface area contributed by atoms with Crippen LogP contribution < -0.4 is 0 Å². The van der Waals surface area contributed by atoms with Crippen LogP contribution in [0.25, 0.3) is 0 Å². The molecule has 0 saturated carbocycles. The largest absolute Gasteiger partial charge is 0.481 e. The number of aliphatic carboxylic acids is 1. The van der Waals surface area contributed by atoms with Crippen LogP contribution in [-0.2, 0) is 4.79 Å². The SMILES string of the molecule is CC(C)C1(C(=O)O)CCN(C(=O)c2ccccc2Br)C1. The third-order valence-corrected chi connectivity index (χ3v) is 4.91. The highest BCUT2D eigenvalue weighted by molar-refractivity contribution is 9.10. The Morgan fingerprint density at radius 2 is 2.00 bits per heavy atom. The predicted molar refractivity (Wildman–Crippen MR) is 79.6 cm³/mol. The van der Waals surface area contributed by atoms with E-state index in [2.05, 4.69) is 15.9 Å². The van der Waals surface area contributed by atoms with Gasteiger partial charge in [-0.1, -0.05) is 26.0 Å². The van der Waals surface area contributed by atoms with E-state index in [-0.39, 0.29) is 18.4 Å². The average molecular weight is 340 g/mol. The molecule has 1 fully saturated rings. The molecule has 1 amide bonds. The molecule has 2 rings (SSSR count). The van der Waals surface area contributed by atoms with Crippen LogP contribution in [0.2, 0.25) is 0 Å². The van der Waals surface area contributed by atoms with Crippen molar-refractivity contribution < 1.29 is 14.7 Å². The molecule has 108 valence electrons. The van der Waals surface area contributed by atoms with Gasteiger partial charge in [0.1, 0.15) is 0 Å². The molecule has 1 N–H and O–H groups in total. The summed E-state index contributed by atoms with van der Waals surface area (Å²) in [6.45, 7) is 4.58. The van der Waals surface area contributed by atoms with Crippen molar-refractivity contribution in [2.75, 3.05) is 13.1 Å². The lowest BCUT2D eigenvalue weighted by molar-refractivity contribution is -0.150. The van der Waals surface area contributed by atoms with Crippen LogP contribution in [-0.4, -0.2) is 35.0 Å². The summed E-state index contributed by atoms with van der Waals surface area (Å²) in [4.78, 5) is 25.7. The van der Waals surface area contributed by atoms with Gasteiger partial charge in [0.25, 0.3) is 5.91 Å². The molecule has 1 aliphatic rings. The van der Waals surface area contributed by atoms with Gasteiger partial charge in [0, 0.05) is 17.6 Å². The molecule has 0 radical (unpaired) electrons. The molecule has 20 heavy (non-hydrogen) atoms. The number of likely N-dealkylation sites (tertiary alicyclic amines) is 1. The zero-order valence-corrected chi connectivity index (χ0v) is 13.2. The zero-order valence-electron chi connectivity index (χ0n) is 11.6. The van der Waals surface area contributed by atoms with Gasteiger partial charge in [0.15, 0.2) is 0 Å². The van der Waals surface area contributed by atoms with Gasteiger partial charge in [0.2, 0.25) is 0 Å². The number of carboxylic acids is 1. The molecule has 0 aromatic heterocycles. The second kappa shape index (κ2) is 5.56. The number of benzene rings is 1. The van der Waals surface area contributed by atoms with E-state index in [1.54, 1.807) is 17.0 Å². The van der Waals surface area contributed by atoms with Gasteiger partial charge < -0.3 is 10.0 Å². The number of hydrogen-bond acceptors (Lipinski definition) is 2. The highest BCUT2D eigenvalue weighted by Gasteiger charge is 2.48. The van der Waals surface area contributed by atoms with Crippen molar-refractivity contribution in [1.82, 2.24) is 4.90 Å². The number of halogens is 1. The summed E-state index contributed by atoms with van der Waals surface area (Å²) < 4.78 is 0.738. The smallest absolute Gasteiger partial charge is 0.311 e. The van der Waals surface area contributed by atoms with Crippen molar-refractivity contribution in [1.29, 1.82) is 0 Å². The molecule has 5 heteroatoms. The maximum Gasteiger partial charge on any atom is 0.311 e. The van der Waals surface area contributed by atoms with Crippen molar-refractivity contribution in [2.45, 2.75) is 20.3 Å². The zero-order chi connectivity index (χ0) is 14.9. The predicted octanol–water partition coefficient (Wildman–Crippen LogP) is 3.02. The number of nitrogens with zero attached hydrogens (tertiary/aromatic N) is 1. The third-order valence-electron chi connectivity index (χ3n) is 4.22. The first-order valence-corrected chi connectivity index (χ1v) is 7.45. The van der Waals surface area contributed by atoms with E-state index in [0.717, 1.165) is 4.47 Å². The summed E-state index contributed by atoms with van der Waals surface area (Å²) in [5, 5.41) is 9.51. The number of carbonyl (C=O) groups is 2. The van der Waals surface area contributed by atoms with E-state index < -0.39 is 11.4 Å². The topological polar surface area (TPSA) is 57.6 Å². The van der Waals surface area contributed by atoms with Gasteiger partial charge in [-0.2, -0.15) is 0 Å². The molecule has 1 aromatic rings. The van der Waals surface area contributed by atoms with Gasteiger partial charge in [-0.25, -0.2) is 0 Å². The van der Waals surface area contributed by atoms with Gasteiger partial charge >= 0.3 is 5.97 Å². The van der Waals surface area contributed by atoms with Crippen LogP contribution in [0, 0.1) is 11.3 Å². The van der Waals surface area contributed by atoms with E-state index in [4.69, 9.17) is 0 Å². The van der Waals surface area contributed by atoms with E-state index in [0.29, 0.717) is 18.5 Å². The number of hydrogen-bond donors (Lipinski definition) is 1. The summed E-state index contributed by atoms with van der Waals surface area (Å²) in [7, 11) is 0. The molecule has 1 heterocycles. The lowest BCUT2D eigenvalue weighted by Gasteiger charge is -2.28. The number of carbonyl (C=O) groups excluding carboxylic acids is 1. The highest BCUT2D eigenvalue weighted by atomic mass is 79.9. The Morgan fingerprint density at radius 1 is 1.35 bits per heavy atom. The van der Waals surface area contributed by atoms with Gasteiger partial charge in [-0.05, 0) is 40.4 Å². The van der Waals surface area contributed by atoms with Gasteiger partial charge in [0.05, 0.1) is 11.0 Å². The van der Waals surface area contributed by atoms with Crippen molar-refractivity contribution in [3.8, 4) is 0 Å². The Hall–Kier alpha value is -1.36. The van der Waals surface area contributed by atoms with E-state index in [1.165, 1.54) is 0 Å². The average Bonchev–Trinajstić information content (AvgIpc) is 2.85. The maximum absolute atomic E-state index is 12.5. The first-order valence-electron chi connectivity index (χ1n) is 6.65. The number of carboxylic acid groups (broad SMARTS) is 1. The van der Waals surface area contributed by atoms with E-state index >= 15 is 0 Å². The van der Waals surface area contributed by atoms with Crippen molar-refractivity contribution in [3.63, 3.8) is 0 Å². The minimum atomic E-state index is -0.823. The summed E-state index contributed by atoms with van der Waals surface area (Å²) in [5.74, 6) is -0.923. The quantitative estimate of drug-likeness (QED) is 0.920. The van der Waals surface area contributed by atoms with Crippen LogP contribution in [0.1, 0.15) is 30.6 Å². The van der Waals surface area contributed by atoms with Crippen LogP contribution in [0.4, 0.5) is 0 Å². The Morgan fingerprint density at radius 3 is 2.50 bits per heavy atom. The molecule has 0 aliphatic carbocycles. The molecule has 1 aromatic carbocycles. The Bertz CT molecular complexity index is 544. The molecule has 1 unspecified atom stereocenters. The second-order valence-electron chi connectivity index (χ2n) is 5.57. The lowest BCUT2D eigenvalue weighted by Crippen LogP contribution is -2.40. The summed E-state index contributed by atoms with van der Waals surface area (Å²) in [6, 6.07) is 7.22. The molecule has 1 saturated heterocycles. The Balaban J connectivity index is 2.23. The Labute approximate surface area is 126 Å². The van der Waals surface area contributed by atoms with Crippen molar-refractivity contribution in [2.24, 2.45) is 11.3 Å². The number of rotatable bonds is 3. The summed E-state index contributed by atoms with van der Waals surface area (Å²) in [6.07, 6.45) is 0.510. The molecule has 4 nitrogen and oxygen atoms in total. The second-order valence-corrected chi connectivity index (χ2v) is 6.43. The minimum Gasteiger partial charge on any atom is -0.481 e. The van der Waals surface area contributed by atoms with Crippen LogP contribution in [0.5, 0.6) is 0 Å². The molecular weight excluding hydrogens is 322 g/mol. The van der Waals surface area contributed by atoms with Crippen LogP contribution >= 0.6 is 15.9 Å². The normalized spacial score (nSPS) is 22.3. The van der Waals surface area contributed by atoms with E-state index in [1.807, 2.05) is 26.0 Å². The lowest BCUT2D eigenvalue weighted by atomic mass is 9.76. The van der Waals surface area contributed by atoms with E-state index in [9.17, 15) is 14.7 Å². The fraction of sp³-hybridized carbons (Fsp3) is 0.467.